The van der Waals surface area contributed by atoms with Crippen LogP contribution >= 0.6 is 0 Å². The summed E-state index contributed by atoms with van der Waals surface area (Å²) in [7, 11) is 0. The van der Waals surface area contributed by atoms with Crippen LogP contribution in [0.15, 0.2) is 96.0 Å². The SMILES string of the molecule is CC(C)OC(=O)[C@H](Cc1ccccc1)N=C(c1ccccc1)c1ccccc1. The van der Waals surface area contributed by atoms with E-state index in [0.29, 0.717) is 6.42 Å². The molecule has 28 heavy (non-hydrogen) atoms. The van der Waals surface area contributed by atoms with E-state index in [-0.39, 0.29) is 12.1 Å². The Balaban J connectivity index is 2.03. The molecule has 0 aliphatic carbocycles. The van der Waals surface area contributed by atoms with Crippen molar-refractivity contribution in [1.29, 1.82) is 0 Å². The van der Waals surface area contributed by atoms with Gasteiger partial charge in [-0.2, -0.15) is 0 Å². The van der Waals surface area contributed by atoms with Gasteiger partial charge < -0.3 is 4.74 Å². The van der Waals surface area contributed by atoms with Crippen LogP contribution in [-0.2, 0) is 16.0 Å². The second kappa shape index (κ2) is 9.65. The van der Waals surface area contributed by atoms with E-state index < -0.39 is 6.04 Å². The molecule has 0 saturated heterocycles. The molecule has 3 rings (SSSR count). The van der Waals surface area contributed by atoms with Crippen LogP contribution in [0.5, 0.6) is 0 Å². The molecule has 0 radical (unpaired) electrons. The Kier molecular flexibility index (Phi) is 6.74. The summed E-state index contributed by atoms with van der Waals surface area (Å²) in [5.41, 5.74) is 3.80. The van der Waals surface area contributed by atoms with Gasteiger partial charge in [-0.25, -0.2) is 4.79 Å². The molecule has 0 bridgehead atoms. The van der Waals surface area contributed by atoms with Crippen molar-refractivity contribution in [1.82, 2.24) is 0 Å². The van der Waals surface area contributed by atoms with Crippen LogP contribution in [0.2, 0.25) is 0 Å². The maximum Gasteiger partial charge on any atom is 0.331 e. The van der Waals surface area contributed by atoms with Gasteiger partial charge in [0, 0.05) is 17.5 Å². The van der Waals surface area contributed by atoms with Gasteiger partial charge in [0.05, 0.1) is 11.8 Å². The molecule has 0 saturated carbocycles. The van der Waals surface area contributed by atoms with Crippen LogP contribution in [0.25, 0.3) is 0 Å². The molecule has 0 aliphatic rings. The van der Waals surface area contributed by atoms with E-state index in [2.05, 4.69) is 0 Å². The van der Waals surface area contributed by atoms with Crippen molar-refractivity contribution in [3.8, 4) is 0 Å². The quantitative estimate of drug-likeness (QED) is 0.429. The Morgan fingerprint density at radius 1 is 0.786 bits per heavy atom. The molecule has 3 aromatic carbocycles. The highest BCUT2D eigenvalue weighted by atomic mass is 16.5. The Morgan fingerprint density at radius 2 is 1.25 bits per heavy atom. The van der Waals surface area contributed by atoms with Crippen LogP contribution in [0.3, 0.4) is 0 Å². The molecular weight excluding hydrogens is 346 g/mol. The predicted octanol–water partition coefficient (Wildman–Crippen LogP) is 5.09. The number of hydrogen-bond acceptors (Lipinski definition) is 3. The van der Waals surface area contributed by atoms with Crippen LogP contribution in [-0.4, -0.2) is 23.8 Å². The van der Waals surface area contributed by atoms with Crippen LogP contribution in [0, 0.1) is 0 Å². The first-order valence-corrected chi connectivity index (χ1v) is 9.56. The van der Waals surface area contributed by atoms with E-state index in [9.17, 15) is 4.79 Å². The van der Waals surface area contributed by atoms with Crippen molar-refractivity contribution in [2.24, 2.45) is 4.99 Å². The molecule has 3 aromatic rings. The molecule has 0 aliphatic heterocycles. The number of benzene rings is 3. The highest BCUT2D eigenvalue weighted by Crippen LogP contribution is 2.16. The van der Waals surface area contributed by atoms with Crippen molar-refractivity contribution in [3.05, 3.63) is 108 Å². The van der Waals surface area contributed by atoms with E-state index in [1.807, 2.05) is 105 Å². The van der Waals surface area contributed by atoms with Crippen LogP contribution in [0.1, 0.15) is 30.5 Å². The zero-order chi connectivity index (χ0) is 19.8. The first-order chi connectivity index (χ1) is 13.6. The Labute approximate surface area is 166 Å². The Hall–Kier alpha value is -3.20. The highest BCUT2D eigenvalue weighted by molar-refractivity contribution is 6.13. The normalized spacial score (nSPS) is 11.7. The summed E-state index contributed by atoms with van der Waals surface area (Å²) >= 11 is 0. The molecular formula is C25H25NO2. The number of carbonyl (C=O) groups is 1. The van der Waals surface area contributed by atoms with E-state index in [0.717, 1.165) is 22.4 Å². The second-order valence-electron chi connectivity index (χ2n) is 6.90. The minimum Gasteiger partial charge on any atom is -0.461 e. The summed E-state index contributed by atoms with van der Waals surface area (Å²) in [5, 5.41) is 0. The topological polar surface area (TPSA) is 38.7 Å². The fraction of sp³-hybridized carbons (Fsp3) is 0.200. The monoisotopic (exact) mass is 371 g/mol. The van der Waals surface area contributed by atoms with Crippen molar-refractivity contribution >= 4 is 11.7 Å². The van der Waals surface area contributed by atoms with Gasteiger partial charge in [0.1, 0.15) is 0 Å². The summed E-state index contributed by atoms with van der Waals surface area (Å²) in [4.78, 5) is 17.7. The van der Waals surface area contributed by atoms with Gasteiger partial charge in [-0.15, -0.1) is 0 Å². The lowest BCUT2D eigenvalue weighted by Crippen LogP contribution is -2.28. The number of esters is 1. The van der Waals surface area contributed by atoms with Gasteiger partial charge in [-0.3, -0.25) is 4.99 Å². The maximum atomic E-state index is 12.8. The van der Waals surface area contributed by atoms with Gasteiger partial charge in [-0.1, -0.05) is 91.0 Å². The van der Waals surface area contributed by atoms with Gasteiger partial charge in [0.25, 0.3) is 0 Å². The average molecular weight is 371 g/mol. The van der Waals surface area contributed by atoms with E-state index in [1.165, 1.54) is 0 Å². The van der Waals surface area contributed by atoms with Crippen LogP contribution in [0.4, 0.5) is 0 Å². The van der Waals surface area contributed by atoms with Crippen molar-refractivity contribution in [2.75, 3.05) is 0 Å². The number of hydrogen-bond donors (Lipinski definition) is 0. The lowest BCUT2D eigenvalue weighted by Gasteiger charge is -2.17. The molecule has 1 atom stereocenters. The highest BCUT2D eigenvalue weighted by Gasteiger charge is 2.22. The molecule has 3 nitrogen and oxygen atoms in total. The number of nitrogens with zero attached hydrogens (tertiary/aromatic N) is 1. The summed E-state index contributed by atoms with van der Waals surface area (Å²) in [6.45, 7) is 3.72. The Morgan fingerprint density at radius 3 is 1.71 bits per heavy atom. The minimum atomic E-state index is -0.611. The first kappa shape index (κ1) is 19.6. The molecule has 0 aromatic heterocycles. The fourth-order valence-electron chi connectivity index (χ4n) is 2.99. The standard InChI is InChI=1S/C25H25NO2/c1-19(2)28-25(27)23(18-20-12-6-3-7-13-20)26-24(21-14-8-4-9-15-21)22-16-10-5-11-17-22/h3-17,19,23H,18H2,1-2H3/t23-/m0/s1. The second-order valence-corrected chi connectivity index (χ2v) is 6.90. The van der Waals surface area contributed by atoms with E-state index in [1.54, 1.807) is 0 Å². The zero-order valence-electron chi connectivity index (χ0n) is 16.3. The van der Waals surface area contributed by atoms with Gasteiger partial charge in [0.15, 0.2) is 6.04 Å². The summed E-state index contributed by atoms with van der Waals surface area (Å²) in [6.07, 6.45) is 0.313. The number of carbonyl (C=O) groups excluding carboxylic acids is 1. The average Bonchev–Trinajstić information content (AvgIpc) is 2.72. The molecule has 0 unspecified atom stereocenters. The predicted molar refractivity (Wildman–Crippen MR) is 114 cm³/mol. The van der Waals surface area contributed by atoms with Crippen molar-refractivity contribution in [3.63, 3.8) is 0 Å². The first-order valence-electron chi connectivity index (χ1n) is 9.56. The molecule has 0 fully saturated rings. The lowest BCUT2D eigenvalue weighted by atomic mass is 10.0. The van der Waals surface area contributed by atoms with Crippen molar-refractivity contribution in [2.45, 2.75) is 32.4 Å². The fourth-order valence-corrected chi connectivity index (χ4v) is 2.99. The minimum absolute atomic E-state index is 0.183. The largest absolute Gasteiger partial charge is 0.461 e. The van der Waals surface area contributed by atoms with Gasteiger partial charge in [-0.05, 0) is 19.4 Å². The third-order valence-corrected chi connectivity index (χ3v) is 4.28. The maximum absolute atomic E-state index is 12.8. The third-order valence-electron chi connectivity index (χ3n) is 4.28. The number of rotatable bonds is 7. The summed E-state index contributed by atoms with van der Waals surface area (Å²) < 4.78 is 5.51. The van der Waals surface area contributed by atoms with E-state index >= 15 is 0 Å². The molecule has 0 heterocycles. The lowest BCUT2D eigenvalue weighted by molar-refractivity contribution is -0.148. The number of ether oxygens (including phenoxy) is 1. The van der Waals surface area contributed by atoms with Crippen molar-refractivity contribution < 1.29 is 9.53 Å². The smallest absolute Gasteiger partial charge is 0.331 e. The molecule has 0 spiro atoms. The van der Waals surface area contributed by atoms with Crippen LogP contribution < -0.4 is 0 Å². The number of aliphatic imine (C=N–C) groups is 1. The third kappa shape index (κ3) is 5.40. The summed E-state index contributed by atoms with van der Waals surface area (Å²) in [6, 6.07) is 29.2. The molecule has 0 amide bonds. The zero-order valence-corrected chi connectivity index (χ0v) is 16.3. The molecule has 142 valence electrons. The molecule has 0 N–H and O–H groups in total. The molecule has 3 heteroatoms. The van der Waals surface area contributed by atoms with Gasteiger partial charge in [0.2, 0.25) is 0 Å². The Bertz CT molecular complexity index is 862. The summed E-state index contributed by atoms with van der Waals surface area (Å²) in [5.74, 6) is -0.303. The van der Waals surface area contributed by atoms with Gasteiger partial charge >= 0.3 is 5.97 Å². The van der Waals surface area contributed by atoms with E-state index in [4.69, 9.17) is 9.73 Å².